The first kappa shape index (κ1) is 115. The van der Waals surface area contributed by atoms with E-state index in [2.05, 4.69) is 99.2 Å². The first-order chi connectivity index (χ1) is 60.3. The SMILES string of the molecule is C#CCOCC(COCC#C)(COCC#C)COCc1cn([C@@H]2O[C@H](CC)[C@H](OCc3ccccc3)C2C)nn1.CC(=O)N[C@H]1[CH-]O[C@H](COC(C)=O)[C@H](OC(C)=O)[C@@H]1OC(C)=O.CC(=O)N[C@H]1[CH-]O[C@H](COC(C)=O)[C@H](OC(C)=O)[C@@H]1OC(C)=O.[CH2-]CCCCCc1cn([C@@H]2O[C@H](CC)[C@H](O)C2C)nn1.[CH2-]CCCCCc1cn([C@@H]2O[C@H](CO)[C@H](O)C2C)nn1.[Y].[Y]. The van der Waals surface area contributed by atoms with Crippen LogP contribution in [0, 0.1) is 87.3 Å². The number of nitrogens with zero attached hydrogens (tertiary/aromatic N) is 9. The topological polar surface area (TPSA) is 461 Å². The molecule has 0 saturated carbocycles. The number of hydrogen-bond acceptors (Lipinski definition) is 33. The molecule has 9 rings (SSSR count). The van der Waals surface area contributed by atoms with Crippen molar-refractivity contribution in [3.8, 4) is 37.0 Å². The Balaban J connectivity index is 0.000000424. The number of terminal acetylenes is 3. The molecule has 4 aromatic rings. The number of hydrogen-bond donors (Lipinski definition) is 5. The fourth-order valence-corrected chi connectivity index (χ4v) is 14.2. The number of aliphatic hydroxyl groups is 3. The molecule has 8 heterocycles. The van der Waals surface area contributed by atoms with Crippen LogP contribution < -0.4 is 10.6 Å². The molecular weight excluding hydrogens is 1820 g/mol. The Bertz CT molecular complexity index is 3840. The molecule has 0 spiro atoms. The summed E-state index contributed by atoms with van der Waals surface area (Å²) in [6.07, 6.45) is 25.5. The Morgan fingerprint density at radius 2 is 0.859 bits per heavy atom. The van der Waals surface area contributed by atoms with E-state index in [0.29, 0.717) is 12.3 Å². The molecule has 0 aliphatic carbocycles. The number of amides is 2. The number of aliphatic hydroxyl groups excluding tert-OH is 3. The van der Waals surface area contributed by atoms with Crippen molar-refractivity contribution in [3.05, 3.63) is 98.6 Å². The normalized spacial score (nSPS) is 25.4. The minimum absolute atomic E-state index is 0. The molecule has 5 aliphatic heterocycles. The minimum atomic E-state index is -1.04. The van der Waals surface area contributed by atoms with Gasteiger partial charge in [-0.2, -0.15) is 26.1 Å². The van der Waals surface area contributed by atoms with Gasteiger partial charge in [-0.25, -0.2) is 14.0 Å². The predicted octanol–water partition coefficient (Wildman–Crippen LogP) is 5.83. The predicted molar refractivity (Wildman–Crippen MR) is 449 cm³/mol. The van der Waals surface area contributed by atoms with Crippen LogP contribution >= 0.6 is 0 Å². The zero-order chi connectivity index (χ0) is 92.8. The molecule has 40 heteroatoms. The summed E-state index contributed by atoms with van der Waals surface area (Å²) in [5.74, 6) is 3.05. The maximum absolute atomic E-state index is 11.3. The van der Waals surface area contributed by atoms with Gasteiger partial charge in [0.25, 0.3) is 0 Å². The molecule has 0 bridgehead atoms. The maximum atomic E-state index is 11.3. The molecule has 38 nitrogen and oxygen atoms in total. The summed E-state index contributed by atoms with van der Waals surface area (Å²) in [5.41, 5.74) is 3.06. The number of aromatic nitrogens is 9. The monoisotopic (exact) mass is 1950 g/mol. The quantitative estimate of drug-likeness (QED) is 0.0114. The van der Waals surface area contributed by atoms with Crippen LogP contribution in [0.15, 0.2) is 48.9 Å². The van der Waals surface area contributed by atoms with E-state index in [1.54, 1.807) is 14.0 Å². The number of benzene rings is 1. The molecule has 3 unspecified atom stereocenters. The molecule has 3 aromatic heterocycles. The van der Waals surface area contributed by atoms with Crippen LogP contribution in [0.3, 0.4) is 0 Å². The minimum Gasteiger partial charge on any atom is -0.542 e. The third kappa shape index (κ3) is 39.7. The molecular formula is C88H129N11O27Y2-4. The Morgan fingerprint density at radius 1 is 0.484 bits per heavy atom. The van der Waals surface area contributed by atoms with E-state index in [1.165, 1.54) is 81.4 Å². The van der Waals surface area contributed by atoms with Crippen molar-refractivity contribution in [2.75, 3.05) is 66.1 Å². The van der Waals surface area contributed by atoms with Crippen molar-refractivity contribution in [2.45, 2.75) is 284 Å². The van der Waals surface area contributed by atoms with Crippen LogP contribution in [0.4, 0.5) is 0 Å². The number of nitrogens with one attached hydrogen (secondary N) is 2. The number of carbonyl (C=O) groups excluding carboxylic acids is 8. The molecule has 2 amide bonds. The molecule has 2 radical (unpaired) electrons. The molecule has 5 N–H and O–H groups in total. The van der Waals surface area contributed by atoms with Crippen LogP contribution in [-0.2, 0) is 206 Å². The fraction of sp³-hybridized carbons (Fsp3) is 0.659. The van der Waals surface area contributed by atoms with Crippen molar-refractivity contribution in [1.29, 1.82) is 0 Å². The summed E-state index contributed by atoms with van der Waals surface area (Å²) in [5, 5.41) is 59.5. The zero-order valence-corrected chi connectivity index (χ0v) is 81.4. The number of carbonyl (C=O) groups is 8. The van der Waals surface area contributed by atoms with Crippen molar-refractivity contribution in [1.82, 2.24) is 55.6 Å². The third-order valence-corrected chi connectivity index (χ3v) is 20.3. The van der Waals surface area contributed by atoms with Crippen LogP contribution in [0.1, 0.15) is 196 Å². The van der Waals surface area contributed by atoms with Crippen molar-refractivity contribution < 1.29 is 195 Å². The van der Waals surface area contributed by atoms with Gasteiger partial charge in [0.2, 0.25) is 11.8 Å². The van der Waals surface area contributed by atoms with Gasteiger partial charge in [-0.1, -0.05) is 124 Å². The number of unbranched alkanes of at least 4 members (excludes halogenated alkanes) is 6. The van der Waals surface area contributed by atoms with Crippen LogP contribution in [0.2, 0.25) is 0 Å². The second-order valence-electron chi connectivity index (χ2n) is 31.0. The number of ether oxygens (including phenoxy) is 16. The van der Waals surface area contributed by atoms with Crippen molar-refractivity contribution in [2.24, 2.45) is 23.2 Å². The smallest absolute Gasteiger partial charge is 0.303 e. The van der Waals surface area contributed by atoms with Crippen molar-refractivity contribution >= 4 is 47.6 Å². The van der Waals surface area contributed by atoms with Gasteiger partial charge in [0, 0.05) is 139 Å². The molecule has 5 aliphatic rings. The van der Waals surface area contributed by atoms with Crippen LogP contribution in [-0.4, -0.2) is 259 Å². The van der Waals surface area contributed by atoms with E-state index in [0.717, 1.165) is 81.2 Å². The first-order valence-corrected chi connectivity index (χ1v) is 42.3. The van der Waals surface area contributed by atoms with Gasteiger partial charge in [0.15, 0.2) is 30.9 Å². The molecule has 1 aromatic carbocycles. The molecule has 128 heavy (non-hydrogen) atoms. The van der Waals surface area contributed by atoms with E-state index < -0.39 is 108 Å². The largest absolute Gasteiger partial charge is 0.542 e. The average molecular weight is 1950 g/mol. The van der Waals surface area contributed by atoms with E-state index in [1.807, 2.05) is 57.6 Å². The standard InChI is InChI=1S/C31H39N3O6.C15H26N3O2.C14H24N3O3.2C14H20NO8.2Y/c1-6-15-35-21-31(22-36-16-7-2,23-37-17-8-3)24-38-20-27-18-34(33-32-27)30-25(5)29(28(9-4)40-30)39-19-26-13-11-10-12-14-26;1-4-6-7-8-9-12-10-18(17-16-12)15-11(3)14(19)13(5-2)20-15;1-3-4-5-6-7-11-8-17(16-15-11)14-10(2)13(19)12(9-18)20-14;2*1-7(16)15-11-5-21-12(6-20-8(2)17)14(23-10(4)19)13(11)22-9(3)18;;/h1-3,10-14,18,25,28-30H,9,15-17,19-24H2,4-5H3;10-11,13-15,19H,1,4-9H2,2-3H3;8,10,12-14,18-19H,1,3-7,9H2,2H3;2*5,11-14H,6H2,1-4H3,(H,15,16);;/q;4*-1;;/t25?,28-,29-,30-;11?,13-,14-,15-;10?,12-,13-,14-;2*11-,12+,13+,14-;;/m11100../s1. The zero-order valence-electron chi connectivity index (χ0n) is 75.8. The van der Waals surface area contributed by atoms with Gasteiger partial charge >= 0.3 is 35.8 Å². The number of esters is 6. The molecule has 5 fully saturated rings. The molecule has 5 saturated heterocycles. The van der Waals surface area contributed by atoms with Gasteiger partial charge in [-0.15, -0.1) is 34.6 Å². The van der Waals surface area contributed by atoms with E-state index in [9.17, 15) is 48.6 Å². The summed E-state index contributed by atoms with van der Waals surface area (Å²) in [6.45, 7) is 31.6. The maximum Gasteiger partial charge on any atom is 0.303 e. The average Bonchev–Trinajstić information content (AvgIpc) is 1.69. The number of aryl methyl sites for hydroxylation is 2. The second kappa shape index (κ2) is 62.2. The third-order valence-electron chi connectivity index (χ3n) is 20.3. The van der Waals surface area contributed by atoms with Gasteiger partial charge < -0.3 is 116 Å². The second-order valence-corrected chi connectivity index (χ2v) is 31.0. The summed E-state index contributed by atoms with van der Waals surface area (Å²) < 4.78 is 93.4. The van der Waals surface area contributed by atoms with Gasteiger partial charge in [-0.3, -0.25) is 38.4 Å². The summed E-state index contributed by atoms with van der Waals surface area (Å²) >= 11 is 0. The van der Waals surface area contributed by atoms with E-state index in [-0.39, 0.29) is 205 Å². The summed E-state index contributed by atoms with van der Waals surface area (Å²) in [7, 11) is 0. The summed E-state index contributed by atoms with van der Waals surface area (Å²) in [6, 6.07) is 8.51. The Labute approximate surface area is 801 Å². The van der Waals surface area contributed by atoms with E-state index in [4.69, 9.17) is 100 Å². The van der Waals surface area contributed by atoms with E-state index >= 15 is 0 Å². The Hall–Kier alpha value is -7.23. The van der Waals surface area contributed by atoms with Gasteiger partial charge in [0.1, 0.15) is 69.2 Å². The Kier molecular flexibility index (Phi) is 55.9. The van der Waals surface area contributed by atoms with Gasteiger partial charge in [0.05, 0.1) is 112 Å². The summed E-state index contributed by atoms with van der Waals surface area (Å²) in [4.78, 5) is 89.8. The number of rotatable bonds is 42. The first-order valence-electron chi connectivity index (χ1n) is 42.3. The van der Waals surface area contributed by atoms with Crippen LogP contribution in [0.5, 0.6) is 0 Å². The fourth-order valence-electron chi connectivity index (χ4n) is 14.2. The van der Waals surface area contributed by atoms with Crippen molar-refractivity contribution in [3.63, 3.8) is 0 Å². The van der Waals surface area contributed by atoms with Gasteiger partial charge in [-0.05, 0) is 56.2 Å². The molecule has 20 atom stereocenters. The Morgan fingerprint density at radius 3 is 1.23 bits per heavy atom. The van der Waals surface area contributed by atoms with Crippen LogP contribution in [0.25, 0.3) is 0 Å². The molecule has 708 valence electrons.